The number of nitrogens with one attached hydrogen (secondary N) is 1. The Labute approximate surface area is 180 Å². The van der Waals surface area contributed by atoms with Gasteiger partial charge in [0.25, 0.3) is 0 Å². The van der Waals surface area contributed by atoms with Crippen molar-refractivity contribution in [2.45, 2.75) is 45.1 Å². The van der Waals surface area contributed by atoms with Gasteiger partial charge in [0.15, 0.2) is 0 Å². The zero-order valence-electron chi connectivity index (χ0n) is 17.4. The molecule has 1 heterocycles. The fraction of sp³-hybridized carbons (Fsp3) is 0.545. The van der Waals surface area contributed by atoms with Crippen molar-refractivity contribution < 1.29 is 23.9 Å². The molecule has 1 aromatic rings. The fourth-order valence-electron chi connectivity index (χ4n) is 4.23. The Morgan fingerprint density at radius 3 is 2.27 bits per heavy atom. The molecule has 7 nitrogen and oxygen atoms in total. The quantitative estimate of drug-likeness (QED) is 0.501. The van der Waals surface area contributed by atoms with Gasteiger partial charge < -0.3 is 10.1 Å². The summed E-state index contributed by atoms with van der Waals surface area (Å²) in [5.41, 5.74) is 0.890. The highest BCUT2D eigenvalue weighted by molar-refractivity contribution is 7.98. The van der Waals surface area contributed by atoms with E-state index in [-0.39, 0.29) is 36.2 Å². The Kier molecular flexibility index (Phi) is 7.53. The molecule has 2 aliphatic rings. The number of amides is 3. The molecule has 2 fully saturated rings. The SMILES string of the molecule is CCOC(=O)c1ccc(NC(=O)C(CCSC)N2C(=O)C3CCCCC3C2=O)cc1. The largest absolute Gasteiger partial charge is 0.462 e. The predicted octanol–water partition coefficient (Wildman–Crippen LogP) is 3.10. The van der Waals surface area contributed by atoms with Crippen molar-refractivity contribution in [1.82, 2.24) is 4.90 Å². The van der Waals surface area contributed by atoms with Crippen LogP contribution in [0.5, 0.6) is 0 Å². The molecule has 3 rings (SSSR count). The molecule has 0 aromatic heterocycles. The molecule has 162 valence electrons. The summed E-state index contributed by atoms with van der Waals surface area (Å²) in [4.78, 5) is 52.0. The third-order valence-electron chi connectivity index (χ3n) is 5.75. The van der Waals surface area contributed by atoms with E-state index in [0.717, 1.165) is 25.7 Å². The molecular formula is C22H28N2O5S. The van der Waals surface area contributed by atoms with Crippen LogP contribution in [0, 0.1) is 11.8 Å². The van der Waals surface area contributed by atoms with E-state index in [2.05, 4.69) is 5.32 Å². The van der Waals surface area contributed by atoms with Crippen LogP contribution in [-0.2, 0) is 19.1 Å². The van der Waals surface area contributed by atoms with Crippen LogP contribution >= 0.6 is 11.8 Å². The number of hydrogen-bond donors (Lipinski definition) is 1. The molecule has 1 aliphatic heterocycles. The zero-order valence-corrected chi connectivity index (χ0v) is 18.2. The predicted molar refractivity (Wildman–Crippen MR) is 115 cm³/mol. The molecule has 1 aliphatic carbocycles. The summed E-state index contributed by atoms with van der Waals surface area (Å²) in [7, 11) is 0. The Morgan fingerprint density at radius 2 is 1.73 bits per heavy atom. The first-order chi connectivity index (χ1) is 14.5. The molecule has 1 saturated heterocycles. The number of benzene rings is 1. The Morgan fingerprint density at radius 1 is 1.13 bits per heavy atom. The van der Waals surface area contributed by atoms with E-state index in [0.29, 0.717) is 23.4 Å². The maximum Gasteiger partial charge on any atom is 0.338 e. The van der Waals surface area contributed by atoms with Gasteiger partial charge in [-0.2, -0.15) is 11.8 Å². The van der Waals surface area contributed by atoms with E-state index >= 15 is 0 Å². The number of ether oxygens (including phenoxy) is 1. The summed E-state index contributed by atoms with van der Waals surface area (Å²) in [6, 6.07) is 5.55. The molecule has 1 N–H and O–H groups in total. The van der Waals surface area contributed by atoms with Crippen molar-refractivity contribution in [3.05, 3.63) is 29.8 Å². The van der Waals surface area contributed by atoms with Crippen LogP contribution in [0.25, 0.3) is 0 Å². The molecule has 8 heteroatoms. The van der Waals surface area contributed by atoms with Gasteiger partial charge >= 0.3 is 5.97 Å². The maximum absolute atomic E-state index is 13.1. The number of hydrogen-bond acceptors (Lipinski definition) is 6. The first kappa shape index (κ1) is 22.3. The number of carbonyl (C=O) groups is 4. The highest BCUT2D eigenvalue weighted by Gasteiger charge is 2.51. The minimum Gasteiger partial charge on any atom is -0.462 e. The van der Waals surface area contributed by atoms with Gasteiger partial charge in [-0.15, -0.1) is 0 Å². The molecule has 30 heavy (non-hydrogen) atoms. The first-order valence-corrected chi connectivity index (χ1v) is 11.8. The van der Waals surface area contributed by atoms with Crippen molar-refractivity contribution in [1.29, 1.82) is 0 Å². The number of rotatable bonds is 8. The molecule has 3 amide bonds. The monoisotopic (exact) mass is 432 g/mol. The minimum atomic E-state index is -0.826. The van der Waals surface area contributed by atoms with Gasteiger partial charge in [-0.05, 0) is 62.5 Å². The summed E-state index contributed by atoms with van der Waals surface area (Å²) in [5.74, 6) is -1.12. The molecule has 3 unspecified atom stereocenters. The summed E-state index contributed by atoms with van der Waals surface area (Å²) in [6.07, 6.45) is 5.67. The van der Waals surface area contributed by atoms with Crippen LogP contribution in [0.1, 0.15) is 49.4 Å². The standard InChI is InChI=1S/C22H28N2O5S/c1-3-29-22(28)14-8-10-15(11-9-14)23-19(25)18(12-13-30-2)24-20(26)16-6-4-5-7-17(16)21(24)27/h8-11,16-18H,3-7,12-13H2,1-2H3,(H,23,25). The Hall–Kier alpha value is -2.35. The lowest BCUT2D eigenvalue weighted by Crippen LogP contribution is -2.48. The van der Waals surface area contributed by atoms with Crippen LogP contribution in [0.3, 0.4) is 0 Å². The molecule has 0 radical (unpaired) electrons. The van der Waals surface area contributed by atoms with Crippen LogP contribution < -0.4 is 5.32 Å². The second-order valence-corrected chi connectivity index (χ2v) is 8.61. The summed E-state index contributed by atoms with van der Waals surface area (Å²) < 4.78 is 4.96. The molecule has 0 bridgehead atoms. The number of thioether (sulfide) groups is 1. The van der Waals surface area contributed by atoms with Gasteiger partial charge in [0.1, 0.15) is 6.04 Å². The average molecular weight is 433 g/mol. The topological polar surface area (TPSA) is 92.8 Å². The third kappa shape index (κ3) is 4.69. The number of anilines is 1. The van der Waals surface area contributed by atoms with Gasteiger partial charge in [0.2, 0.25) is 17.7 Å². The second kappa shape index (κ2) is 10.1. The number of imide groups is 1. The lowest BCUT2D eigenvalue weighted by Gasteiger charge is -2.26. The van der Waals surface area contributed by atoms with Crippen molar-refractivity contribution in [3.63, 3.8) is 0 Å². The lowest BCUT2D eigenvalue weighted by atomic mass is 9.81. The van der Waals surface area contributed by atoms with Crippen molar-refractivity contribution in [3.8, 4) is 0 Å². The summed E-state index contributed by atoms with van der Waals surface area (Å²) >= 11 is 1.57. The normalized spacial score (nSPS) is 21.9. The molecule has 1 aromatic carbocycles. The van der Waals surface area contributed by atoms with E-state index in [1.54, 1.807) is 43.0 Å². The van der Waals surface area contributed by atoms with E-state index in [1.807, 2.05) is 6.26 Å². The van der Waals surface area contributed by atoms with E-state index < -0.39 is 12.0 Å². The smallest absolute Gasteiger partial charge is 0.338 e. The number of likely N-dealkylation sites (tertiary alicyclic amines) is 1. The average Bonchev–Trinajstić information content (AvgIpc) is 3.00. The maximum atomic E-state index is 13.1. The second-order valence-electron chi connectivity index (χ2n) is 7.63. The number of esters is 1. The van der Waals surface area contributed by atoms with Gasteiger partial charge in [-0.25, -0.2) is 4.79 Å². The summed E-state index contributed by atoms with van der Waals surface area (Å²) in [6.45, 7) is 2.02. The van der Waals surface area contributed by atoms with Gasteiger partial charge in [-0.3, -0.25) is 19.3 Å². The minimum absolute atomic E-state index is 0.205. The number of carbonyl (C=O) groups excluding carboxylic acids is 4. The van der Waals surface area contributed by atoms with E-state index in [4.69, 9.17) is 4.74 Å². The Balaban J connectivity index is 1.75. The fourth-order valence-corrected chi connectivity index (χ4v) is 4.69. The van der Waals surface area contributed by atoms with Gasteiger partial charge in [-0.1, -0.05) is 12.8 Å². The first-order valence-electron chi connectivity index (χ1n) is 10.4. The van der Waals surface area contributed by atoms with Crippen LogP contribution in [0.4, 0.5) is 5.69 Å². The van der Waals surface area contributed by atoms with Gasteiger partial charge in [0.05, 0.1) is 24.0 Å². The number of fused-ring (bicyclic) bond motifs is 1. The molecular weight excluding hydrogens is 404 g/mol. The molecule has 1 saturated carbocycles. The van der Waals surface area contributed by atoms with E-state index in [9.17, 15) is 19.2 Å². The summed E-state index contributed by atoms with van der Waals surface area (Å²) in [5, 5.41) is 2.80. The third-order valence-corrected chi connectivity index (χ3v) is 6.39. The molecule has 3 atom stereocenters. The van der Waals surface area contributed by atoms with Crippen molar-refractivity contribution >= 4 is 41.1 Å². The van der Waals surface area contributed by atoms with Crippen LogP contribution in [0.2, 0.25) is 0 Å². The zero-order chi connectivity index (χ0) is 21.7. The highest BCUT2D eigenvalue weighted by Crippen LogP contribution is 2.39. The van der Waals surface area contributed by atoms with Crippen molar-refractivity contribution in [2.24, 2.45) is 11.8 Å². The highest BCUT2D eigenvalue weighted by atomic mass is 32.2. The van der Waals surface area contributed by atoms with E-state index in [1.165, 1.54) is 4.90 Å². The van der Waals surface area contributed by atoms with Crippen LogP contribution in [0.15, 0.2) is 24.3 Å². The van der Waals surface area contributed by atoms with Gasteiger partial charge in [0, 0.05) is 5.69 Å². The lowest BCUT2D eigenvalue weighted by molar-refractivity contribution is -0.146. The Bertz CT molecular complexity index is 786. The molecule has 0 spiro atoms. The van der Waals surface area contributed by atoms with Crippen molar-refractivity contribution in [2.75, 3.05) is 23.9 Å². The van der Waals surface area contributed by atoms with Crippen LogP contribution in [-0.4, -0.2) is 53.2 Å². The number of nitrogens with zero attached hydrogens (tertiary/aromatic N) is 1.